The highest BCUT2D eigenvalue weighted by molar-refractivity contribution is 5.77. The summed E-state index contributed by atoms with van der Waals surface area (Å²) in [6.07, 6.45) is 2.24. The highest BCUT2D eigenvalue weighted by atomic mass is 16.5. The van der Waals surface area contributed by atoms with Crippen molar-refractivity contribution < 1.29 is 4.74 Å². The van der Waals surface area contributed by atoms with Crippen molar-refractivity contribution in [3.63, 3.8) is 0 Å². The molecule has 0 amide bonds. The molecule has 3 N–H and O–H groups in total. The van der Waals surface area contributed by atoms with E-state index in [4.69, 9.17) is 10.5 Å². The summed E-state index contributed by atoms with van der Waals surface area (Å²) >= 11 is 0. The van der Waals surface area contributed by atoms with E-state index in [0.717, 1.165) is 42.9 Å². The van der Waals surface area contributed by atoms with E-state index >= 15 is 0 Å². The quantitative estimate of drug-likeness (QED) is 0.428. The van der Waals surface area contributed by atoms with Crippen LogP contribution in [0.15, 0.2) is 4.99 Å². The van der Waals surface area contributed by atoms with Gasteiger partial charge in [0.05, 0.1) is 25.4 Å². The lowest BCUT2D eigenvalue weighted by molar-refractivity contribution is 0.182. The summed E-state index contributed by atoms with van der Waals surface area (Å²) in [5.74, 6) is 0.502. The van der Waals surface area contributed by atoms with Crippen LogP contribution in [-0.4, -0.2) is 36.0 Å². The molecule has 114 valence electrons. The molecule has 0 aromatic carbocycles. The second kappa shape index (κ2) is 8.58. The Hall–Kier alpha value is -1.56. The number of nitrogens with zero attached hydrogens (tertiary/aromatic N) is 3. The fraction of sp³-hybridized carbons (Fsp3) is 0.714. The van der Waals surface area contributed by atoms with Crippen LogP contribution in [0.3, 0.4) is 0 Å². The SMILES string of the molecule is CCCCNC(N)=NCc1c(C)nn(CCOC)c1C. The maximum atomic E-state index is 5.84. The smallest absolute Gasteiger partial charge is 0.188 e. The predicted molar refractivity (Wildman–Crippen MR) is 81.8 cm³/mol. The van der Waals surface area contributed by atoms with Crippen molar-refractivity contribution in [2.24, 2.45) is 10.7 Å². The fourth-order valence-electron chi connectivity index (χ4n) is 1.97. The number of nitrogens with two attached hydrogens (primary N) is 1. The molecule has 0 unspecified atom stereocenters. The van der Waals surface area contributed by atoms with Crippen molar-refractivity contribution >= 4 is 5.96 Å². The highest BCUT2D eigenvalue weighted by Gasteiger charge is 2.10. The van der Waals surface area contributed by atoms with Gasteiger partial charge >= 0.3 is 0 Å². The van der Waals surface area contributed by atoms with Crippen LogP contribution in [0.4, 0.5) is 0 Å². The highest BCUT2D eigenvalue weighted by Crippen LogP contribution is 2.14. The number of nitrogens with one attached hydrogen (secondary N) is 1. The van der Waals surface area contributed by atoms with Crippen molar-refractivity contribution in [3.8, 4) is 0 Å². The Morgan fingerprint density at radius 3 is 2.85 bits per heavy atom. The first kappa shape index (κ1) is 16.5. The number of methoxy groups -OCH3 is 1. The minimum atomic E-state index is 0.502. The van der Waals surface area contributed by atoms with Gasteiger partial charge in [-0.2, -0.15) is 5.10 Å². The van der Waals surface area contributed by atoms with Crippen molar-refractivity contribution in [2.75, 3.05) is 20.3 Å². The molecule has 6 nitrogen and oxygen atoms in total. The maximum absolute atomic E-state index is 5.84. The zero-order valence-corrected chi connectivity index (χ0v) is 13.1. The van der Waals surface area contributed by atoms with Crippen molar-refractivity contribution in [3.05, 3.63) is 17.0 Å². The number of aryl methyl sites for hydroxylation is 1. The zero-order chi connectivity index (χ0) is 15.0. The van der Waals surface area contributed by atoms with Gasteiger partial charge in [-0.1, -0.05) is 13.3 Å². The van der Waals surface area contributed by atoms with Crippen LogP contribution in [0, 0.1) is 13.8 Å². The number of ether oxygens (including phenoxy) is 1. The molecule has 0 bridgehead atoms. The van der Waals surface area contributed by atoms with Gasteiger partial charge in [0.25, 0.3) is 0 Å². The molecule has 0 saturated carbocycles. The van der Waals surface area contributed by atoms with Gasteiger partial charge in [-0.25, -0.2) is 4.99 Å². The van der Waals surface area contributed by atoms with Gasteiger partial charge < -0.3 is 15.8 Å². The molecule has 0 spiro atoms. The summed E-state index contributed by atoms with van der Waals surface area (Å²) in [7, 11) is 1.69. The third-order valence-corrected chi connectivity index (χ3v) is 3.28. The lowest BCUT2D eigenvalue weighted by Crippen LogP contribution is -2.32. The number of aromatic nitrogens is 2. The van der Waals surface area contributed by atoms with Crippen LogP contribution < -0.4 is 11.1 Å². The molecular weight excluding hydrogens is 254 g/mol. The lowest BCUT2D eigenvalue weighted by Gasteiger charge is -2.05. The molecule has 6 heteroatoms. The summed E-state index contributed by atoms with van der Waals surface area (Å²) in [6, 6.07) is 0. The molecule has 0 aliphatic carbocycles. The molecule has 0 radical (unpaired) electrons. The summed E-state index contributed by atoms with van der Waals surface area (Å²) in [6.45, 7) is 9.06. The van der Waals surface area contributed by atoms with E-state index in [9.17, 15) is 0 Å². The Labute approximate surface area is 121 Å². The lowest BCUT2D eigenvalue weighted by atomic mass is 10.2. The molecule has 0 saturated heterocycles. The average molecular weight is 281 g/mol. The monoisotopic (exact) mass is 281 g/mol. The normalized spacial score (nSPS) is 11.9. The van der Waals surface area contributed by atoms with E-state index in [-0.39, 0.29) is 0 Å². The van der Waals surface area contributed by atoms with Crippen LogP contribution >= 0.6 is 0 Å². The molecule has 1 aromatic rings. The Morgan fingerprint density at radius 2 is 2.20 bits per heavy atom. The molecule has 0 aliphatic rings. The minimum absolute atomic E-state index is 0.502. The second-order valence-electron chi connectivity index (χ2n) is 4.85. The number of hydrogen-bond acceptors (Lipinski definition) is 3. The van der Waals surface area contributed by atoms with Crippen molar-refractivity contribution in [2.45, 2.75) is 46.7 Å². The van der Waals surface area contributed by atoms with Gasteiger partial charge in [0.2, 0.25) is 0 Å². The Bertz CT molecular complexity index is 439. The Balaban J connectivity index is 2.63. The molecule has 1 aromatic heterocycles. The van der Waals surface area contributed by atoms with Crippen LogP contribution in [0.25, 0.3) is 0 Å². The third kappa shape index (κ3) is 4.85. The molecule has 0 fully saturated rings. The number of guanidine groups is 1. The van der Waals surface area contributed by atoms with Gasteiger partial charge in [0, 0.05) is 24.9 Å². The van der Waals surface area contributed by atoms with E-state index in [0.29, 0.717) is 19.1 Å². The summed E-state index contributed by atoms with van der Waals surface area (Å²) in [4.78, 5) is 4.38. The van der Waals surface area contributed by atoms with E-state index in [1.807, 2.05) is 11.6 Å². The first-order chi connectivity index (χ1) is 9.60. The summed E-state index contributed by atoms with van der Waals surface area (Å²) in [5, 5.41) is 7.62. The summed E-state index contributed by atoms with van der Waals surface area (Å²) < 4.78 is 7.05. The fourth-order valence-corrected chi connectivity index (χ4v) is 1.97. The predicted octanol–water partition coefficient (Wildman–Crippen LogP) is 1.35. The van der Waals surface area contributed by atoms with Gasteiger partial charge in [0.1, 0.15) is 0 Å². The Morgan fingerprint density at radius 1 is 1.45 bits per heavy atom. The molecule has 20 heavy (non-hydrogen) atoms. The largest absolute Gasteiger partial charge is 0.383 e. The maximum Gasteiger partial charge on any atom is 0.188 e. The number of aliphatic imine (C=N–C) groups is 1. The Kier molecular flexibility index (Phi) is 7.08. The van der Waals surface area contributed by atoms with Crippen molar-refractivity contribution in [1.29, 1.82) is 0 Å². The van der Waals surface area contributed by atoms with Gasteiger partial charge in [-0.15, -0.1) is 0 Å². The van der Waals surface area contributed by atoms with Gasteiger partial charge in [-0.05, 0) is 20.3 Å². The first-order valence-electron chi connectivity index (χ1n) is 7.15. The average Bonchev–Trinajstić information content (AvgIpc) is 2.69. The van der Waals surface area contributed by atoms with E-state index in [1.165, 1.54) is 0 Å². The topological polar surface area (TPSA) is 77.5 Å². The molecule has 1 heterocycles. The third-order valence-electron chi connectivity index (χ3n) is 3.28. The standard InChI is InChI=1S/C14H27N5O/c1-5-6-7-16-14(15)17-10-13-11(2)18-19(12(13)3)8-9-20-4/h5-10H2,1-4H3,(H3,15,16,17). The second-order valence-corrected chi connectivity index (χ2v) is 4.85. The number of rotatable bonds is 8. The molecule has 1 rings (SSSR count). The van der Waals surface area contributed by atoms with Gasteiger partial charge in [-0.3, -0.25) is 4.68 Å². The first-order valence-corrected chi connectivity index (χ1v) is 7.15. The van der Waals surface area contributed by atoms with Crippen molar-refractivity contribution in [1.82, 2.24) is 15.1 Å². The minimum Gasteiger partial charge on any atom is -0.383 e. The number of hydrogen-bond donors (Lipinski definition) is 2. The van der Waals surface area contributed by atoms with Crippen LogP contribution in [0.1, 0.15) is 36.7 Å². The molecule has 0 atom stereocenters. The van der Waals surface area contributed by atoms with Crippen LogP contribution in [-0.2, 0) is 17.8 Å². The molecule has 0 aliphatic heterocycles. The van der Waals surface area contributed by atoms with Crippen LogP contribution in [0.5, 0.6) is 0 Å². The van der Waals surface area contributed by atoms with E-state index < -0.39 is 0 Å². The number of unbranched alkanes of at least 4 members (excludes halogenated alkanes) is 1. The summed E-state index contributed by atoms with van der Waals surface area (Å²) in [5.41, 5.74) is 9.11. The van der Waals surface area contributed by atoms with Crippen LogP contribution in [0.2, 0.25) is 0 Å². The zero-order valence-electron chi connectivity index (χ0n) is 13.1. The van der Waals surface area contributed by atoms with Gasteiger partial charge in [0.15, 0.2) is 5.96 Å². The molecular formula is C14H27N5O. The van der Waals surface area contributed by atoms with E-state index in [1.54, 1.807) is 7.11 Å². The van der Waals surface area contributed by atoms with E-state index in [2.05, 4.69) is 29.3 Å².